The summed E-state index contributed by atoms with van der Waals surface area (Å²) in [5, 5.41) is 1.81. The summed E-state index contributed by atoms with van der Waals surface area (Å²) in [5.74, 6) is -0.255. The van der Waals surface area contributed by atoms with Crippen LogP contribution in [0.2, 0.25) is 0 Å². The van der Waals surface area contributed by atoms with Crippen LogP contribution in [0.25, 0.3) is 10.8 Å². The maximum atomic E-state index is 13.3. The summed E-state index contributed by atoms with van der Waals surface area (Å²) in [6.45, 7) is 0.561. The molecule has 5 nitrogen and oxygen atoms in total. The highest BCUT2D eigenvalue weighted by molar-refractivity contribution is 7.89. The molecule has 1 amide bonds. The normalized spacial score (nSPS) is 11.6. The van der Waals surface area contributed by atoms with Gasteiger partial charge in [0.15, 0.2) is 0 Å². The number of hydrogen-bond donors (Lipinski definition) is 0. The Morgan fingerprint density at radius 2 is 1.21 bits per heavy atom. The first-order valence-corrected chi connectivity index (χ1v) is 12.2. The summed E-state index contributed by atoms with van der Waals surface area (Å²) < 4.78 is 27.5. The van der Waals surface area contributed by atoms with Crippen LogP contribution in [-0.2, 0) is 27.9 Å². The molecule has 0 aromatic heterocycles. The summed E-state index contributed by atoms with van der Waals surface area (Å²) in [6, 6.07) is 32.0. The number of carbonyl (C=O) groups is 1. The highest BCUT2D eigenvalue weighted by atomic mass is 32.2. The number of nitrogens with zero attached hydrogens (tertiary/aromatic N) is 2. The molecule has 0 N–H and O–H groups in total. The third-order valence-corrected chi connectivity index (χ3v) is 7.37. The van der Waals surface area contributed by atoms with Gasteiger partial charge < -0.3 is 4.90 Å². The highest BCUT2D eigenvalue weighted by Crippen LogP contribution is 2.21. The number of fused-ring (bicyclic) bond motifs is 1. The van der Waals surface area contributed by atoms with Gasteiger partial charge in [-0.25, -0.2) is 8.42 Å². The quantitative estimate of drug-likeness (QED) is 0.385. The molecule has 0 aliphatic rings. The maximum absolute atomic E-state index is 13.3. The second kappa shape index (κ2) is 9.98. The van der Waals surface area contributed by atoms with Crippen molar-refractivity contribution in [3.8, 4) is 0 Å². The van der Waals surface area contributed by atoms with E-state index in [1.807, 2.05) is 84.9 Å². The summed E-state index contributed by atoms with van der Waals surface area (Å²) >= 11 is 0. The first-order valence-electron chi connectivity index (χ1n) is 10.7. The minimum atomic E-state index is -3.82. The van der Waals surface area contributed by atoms with Crippen LogP contribution in [0.4, 0.5) is 0 Å². The zero-order valence-electron chi connectivity index (χ0n) is 18.5. The van der Waals surface area contributed by atoms with Gasteiger partial charge in [0.05, 0.1) is 11.4 Å². The van der Waals surface area contributed by atoms with Crippen LogP contribution in [0.5, 0.6) is 0 Å². The summed E-state index contributed by atoms with van der Waals surface area (Å²) in [7, 11) is -2.37. The van der Waals surface area contributed by atoms with Crippen LogP contribution in [0, 0.1) is 0 Å². The molecule has 6 heteroatoms. The summed E-state index contributed by atoms with van der Waals surface area (Å²) in [5.41, 5.74) is 1.98. The molecule has 33 heavy (non-hydrogen) atoms. The number of likely N-dealkylation sites (N-methyl/N-ethyl adjacent to an activating group) is 1. The van der Waals surface area contributed by atoms with E-state index in [4.69, 9.17) is 0 Å². The molecule has 168 valence electrons. The van der Waals surface area contributed by atoms with E-state index in [1.165, 1.54) is 7.05 Å². The largest absolute Gasteiger partial charge is 0.333 e. The van der Waals surface area contributed by atoms with Crippen LogP contribution in [0.1, 0.15) is 11.1 Å². The predicted molar refractivity (Wildman–Crippen MR) is 131 cm³/mol. The van der Waals surface area contributed by atoms with Crippen LogP contribution in [0.3, 0.4) is 0 Å². The molecule has 0 heterocycles. The van der Waals surface area contributed by atoms with E-state index in [-0.39, 0.29) is 17.3 Å². The van der Waals surface area contributed by atoms with Crippen molar-refractivity contribution in [3.63, 3.8) is 0 Å². The smallest absolute Gasteiger partial charge is 0.243 e. The fraction of sp³-hybridized carbons (Fsp3) is 0.148. The Labute approximate surface area is 194 Å². The average Bonchev–Trinajstić information content (AvgIpc) is 2.84. The average molecular weight is 459 g/mol. The fourth-order valence-electron chi connectivity index (χ4n) is 3.72. The van der Waals surface area contributed by atoms with Gasteiger partial charge in [-0.15, -0.1) is 0 Å². The van der Waals surface area contributed by atoms with Crippen molar-refractivity contribution >= 4 is 26.7 Å². The molecule has 0 radical (unpaired) electrons. The summed E-state index contributed by atoms with van der Waals surface area (Å²) in [4.78, 5) is 15.1. The highest BCUT2D eigenvalue weighted by Gasteiger charge is 2.25. The Morgan fingerprint density at radius 1 is 0.697 bits per heavy atom. The van der Waals surface area contributed by atoms with Gasteiger partial charge in [-0.05, 0) is 34.0 Å². The number of carbonyl (C=O) groups excluding carboxylic acids is 1. The molecule has 0 fully saturated rings. The SMILES string of the molecule is CN(CC(=O)N(Cc1ccccc1)Cc1ccccc1)S(=O)(=O)c1ccc2ccccc2c1. The fourth-order valence-corrected chi connectivity index (χ4v) is 4.88. The lowest BCUT2D eigenvalue weighted by atomic mass is 10.1. The van der Waals surface area contributed by atoms with Crippen molar-refractivity contribution in [1.29, 1.82) is 0 Å². The van der Waals surface area contributed by atoms with Crippen molar-refractivity contribution in [3.05, 3.63) is 114 Å². The van der Waals surface area contributed by atoms with Crippen LogP contribution >= 0.6 is 0 Å². The lowest BCUT2D eigenvalue weighted by Crippen LogP contribution is -2.40. The minimum Gasteiger partial charge on any atom is -0.333 e. The zero-order chi connectivity index (χ0) is 23.3. The van der Waals surface area contributed by atoms with E-state index in [1.54, 1.807) is 23.1 Å². The maximum Gasteiger partial charge on any atom is 0.243 e. The van der Waals surface area contributed by atoms with Crippen molar-refractivity contribution < 1.29 is 13.2 Å². The molecular weight excluding hydrogens is 432 g/mol. The molecule has 4 aromatic rings. The van der Waals surface area contributed by atoms with Gasteiger partial charge in [0, 0.05) is 20.1 Å². The number of sulfonamides is 1. The molecule has 0 aliphatic carbocycles. The molecule has 4 aromatic carbocycles. The lowest BCUT2D eigenvalue weighted by Gasteiger charge is -2.26. The van der Waals surface area contributed by atoms with Crippen LogP contribution in [-0.4, -0.2) is 37.1 Å². The second-order valence-electron chi connectivity index (χ2n) is 7.99. The Balaban J connectivity index is 1.55. The topological polar surface area (TPSA) is 57.7 Å². The van der Waals surface area contributed by atoms with Crippen molar-refractivity contribution in [1.82, 2.24) is 9.21 Å². The van der Waals surface area contributed by atoms with Crippen molar-refractivity contribution in [2.24, 2.45) is 0 Å². The van der Waals surface area contributed by atoms with Gasteiger partial charge in [0.2, 0.25) is 15.9 Å². The van der Waals surface area contributed by atoms with E-state index in [2.05, 4.69) is 0 Å². The summed E-state index contributed by atoms with van der Waals surface area (Å²) in [6.07, 6.45) is 0. The van der Waals surface area contributed by atoms with Crippen LogP contribution in [0.15, 0.2) is 108 Å². The van der Waals surface area contributed by atoms with Crippen LogP contribution < -0.4 is 0 Å². The Kier molecular flexibility index (Phi) is 6.87. The molecule has 0 atom stereocenters. The lowest BCUT2D eigenvalue weighted by molar-refractivity contribution is -0.132. The molecule has 0 aliphatic heterocycles. The van der Waals surface area contributed by atoms with Gasteiger partial charge in [-0.2, -0.15) is 4.31 Å². The first kappa shape index (κ1) is 22.7. The first-order chi connectivity index (χ1) is 15.9. The third kappa shape index (κ3) is 5.48. The Hall–Kier alpha value is -3.48. The minimum absolute atomic E-state index is 0.175. The van der Waals surface area contributed by atoms with Gasteiger partial charge in [-0.1, -0.05) is 91.0 Å². The van der Waals surface area contributed by atoms with E-state index >= 15 is 0 Å². The third-order valence-electron chi connectivity index (χ3n) is 5.57. The van der Waals surface area contributed by atoms with E-state index in [0.29, 0.717) is 13.1 Å². The molecule has 0 saturated heterocycles. The second-order valence-corrected chi connectivity index (χ2v) is 10.0. The number of rotatable bonds is 8. The zero-order valence-corrected chi connectivity index (χ0v) is 19.3. The molecule has 4 rings (SSSR count). The molecular formula is C27H26N2O3S. The van der Waals surface area contributed by atoms with E-state index in [0.717, 1.165) is 26.2 Å². The number of hydrogen-bond acceptors (Lipinski definition) is 3. The van der Waals surface area contributed by atoms with E-state index < -0.39 is 10.0 Å². The van der Waals surface area contributed by atoms with Gasteiger partial charge in [0.25, 0.3) is 0 Å². The molecule has 0 spiro atoms. The van der Waals surface area contributed by atoms with Crippen molar-refractivity contribution in [2.75, 3.05) is 13.6 Å². The predicted octanol–water partition coefficient (Wildman–Crippen LogP) is 4.69. The standard InChI is InChI=1S/C27H26N2O3S/c1-28(33(31,32)26-17-16-24-14-8-9-15-25(24)18-26)21-27(30)29(19-22-10-4-2-5-11-22)20-23-12-6-3-7-13-23/h2-18H,19-21H2,1H3. The van der Waals surface area contributed by atoms with Gasteiger partial charge >= 0.3 is 0 Å². The van der Waals surface area contributed by atoms with Crippen molar-refractivity contribution in [2.45, 2.75) is 18.0 Å². The van der Waals surface area contributed by atoms with Gasteiger partial charge in [0.1, 0.15) is 0 Å². The molecule has 0 bridgehead atoms. The van der Waals surface area contributed by atoms with E-state index in [9.17, 15) is 13.2 Å². The molecule has 0 saturated carbocycles. The Morgan fingerprint density at radius 3 is 1.79 bits per heavy atom. The number of benzene rings is 4. The number of amides is 1. The monoisotopic (exact) mass is 458 g/mol. The van der Waals surface area contributed by atoms with Gasteiger partial charge in [-0.3, -0.25) is 4.79 Å². The Bertz CT molecular complexity index is 1300. The molecule has 0 unspecified atom stereocenters.